The molecule has 2 N–H and O–H groups in total. The van der Waals surface area contributed by atoms with Gasteiger partial charge in [0, 0.05) is 12.1 Å². The van der Waals surface area contributed by atoms with Crippen molar-refractivity contribution in [2.24, 2.45) is 0 Å². The van der Waals surface area contributed by atoms with Crippen LogP contribution >= 0.6 is 0 Å². The summed E-state index contributed by atoms with van der Waals surface area (Å²) in [4.78, 5) is 33.7. The number of hydrogen-bond donors (Lipinski definition) is 2. The summed E-state index contributed by atoms with van der Waals surface area (Å²) in [6, 6.07) is 0.695. The fourth-order valence-electron chi connectivity index (χ4n) is 2.36. The molecule has 0 aromatic heterocycles. The van der Waals surface area contributed by atoms with E-state index in [1.54, 1.807) is 6.92 Å². The molecule has 0 saturated heterocycles. The van der Waals surface area contributed by atoms with Gasteiger partial charge >= 0.3 is 12.1 Å². The number of nitrogens with zero attached hydrogens (tertiary/aromatic N) is 1. The molecule has 0 saturated carbocycles. The van der Waals surface area contributed by atoms with Gasteiger partial charge < -0.3 is 15.4 Å². The Bertz CT molecular complexity index is 724. The van der Waals surface area contributed by atoms with Crippen molar-refractivity contribution >= 4 is 23.3 Å². The monoisotopic (exact) mass is 405 g/mol. The first-order chi connectivity index (χ1) is 13.0. The van der Waals surface area contributed by atoms with E-state index in [1.807, 2.05) is 6.92 Å². The smallest absolute Gasteiger partial charge is 0.416 e. The number of amides is 1. The van der Waals surface area contributed by atoms with Gasteiger partial charge in [-0.15, -0.1) is 0 Å². The van der Waals surface area contributed by atoms with Crippen molar-refractivity contribution in [2.45, 2.75) is 51.9 Å². The van der Waals surface area contributed by atoms with E-state index in [0.29, 0.717) is 12.1 Å². The third kappa shape index (κ3) is 7.05. The summed E-state index contributed by atoms with van der Waals surface area (Å²) in [5, 5.41) is 16.1. The molecule has 0 radical (unpaired) electrons. The average Bonchev–Trinajstić information content (AvgIpc) is 2.58. The fraction of sp³-hybridized carbons (Fsp3) is 0.529. The molecule has 11 heteroatoms. The lowest BCUT2D eigenvalue weighted by Gasteiger charge is -2.16. The second kappa shape index (κ2) is 9.90. The number of hydrogen-bond acceptors (Lipinski definition) is 6. The minimum Gasteiger partial charge on any atom is -0.454 e. The molecule has 8 nitrogen and oxygen atoms in total. The second-order valence-electron chi connectivity index (χ2n) is 6.22. The number of rotatable bonds is 9. The number of esters is 1. The van der Waals surface area contributed by atoms with Gasteiger partial charge in [-0.25, -0.2) is 4.79 Å². The molecule has 1 aromatic rings. The van der Waals surface area contributed by atoms with Gasteiger partial charge in [-0.2, -0.15) is 13.2 Å². The summed E-state index contributed by atoms with van der Waals surface area (Å²) < 4.78 is 43.0. The van der Waals surface area contributed by atoms with Crippen molar-refractivity contribution in [3.8, 4) is 0 Å². The highest BCUT2D eigenvalue weighted by atomic mass is 19.4. The van der Waals surface area contributed by atoms with E-state index in [1.165, 1.54) is 6.92 Å². The number of nitro benzene ring substituents is 1. The van der Waals surface area contributed by atoms with Crippen LogP contribution in [-0.2, 0) is 20.5 Å². The topological polar surface area (TPSA) is 111 Å². The van der Waals surface area contributed by atoms with Gasteiger partial charge in [-0.3, -0.25) is 14.9 Å². The maximum absolute atomic E-state index is 12.7. The minimum atomic E-state index is -4.74. The maximum Gasteiger partial charge on any atom is 0.416 e. The van der Waals surface area contributed by atoms with Crippen LogP contribution in [0.4, 0.5) is 24.5 Å². The number of carbonyl (C=O) groups excluding carboxylic acids is 2. The first kappa shape index (κ1) is 23.2. The van der Waals surface area contributed by atoms with E-state index in [0.717, 1.165) is 18.9 Å². The number of alkyl halides is 3. The van der Waals surface area contributed by atoms with E-state index in [-0.39, 0.29) is 11.7 Å². The van der Waals surface area contributed by atoms with Crippen LogP contribution in [0, 0.1) is 10.1 Å². The van der Waals surface area contributed by atoms with Gasteiger partial charge in [-0.1, -0.05) is 13.3 Å². The van der Waals surface area contributed by atoms with Crippen LogP contribution in [0.3, 0.4) is 0 Å². The van der Waals surface area contributed by atoms with Crippen LogP contribution in [0.25, 0.3) is 0 Å². The van der Waals surface area contributed by atoms with Gasteiger partial charge in [0.05, 0.1) is 10.5 Å². The molecule has 0 spiro atoms. The number of ether oxygens (including phenoxy) is 1. The molecule has 0 unspecified atom stereocenters. The van der Waals surface area contributed by atoms with Crippen molar-refractivity contribution in [3.05, 3.63) is 33.9 Å². The summed E-state index contributed by atoms with van der Waals surface area (Å²) in [6.45, 7) is 4.53. The van der Waals surface area contributed by atoms with Crippen molar-refractivity contribution in [2.75, 3.05) is 11.9 Å². The highest BCUT2D eigenvalue weighted by Gasteiger charge is 2.33. The van der Waals surface area contributed by atoms with Gasteiger partial charge in [0.25, 0.3) is 11.6 Å². The largest absolute Gasteiger partial charge is 0.454 e. The van der Waals surface area contributed by atoms with Crippen molar-refractivity contribution in [1.29, 1.82) is 0 Å². The average molecular weight is 405 g/mol. The summed E-state index contributed by atoms with van der Waals surface area (Å²) in [5.74, 6) is -1.38. The lowest BCUT2D eigenvalue weighted by Crippen LogP contribution is -2.37. The first-order valence-corrected chi connectivity index (χ1v) is 8.53. The Morgan fingerprint density at radius 2 is 1.93 bits per heavy atom. The lowest BCUT2D eigenvalue weighted by atomic mass is 10.1. The SMILES string of the molecule is CCC[C@@H](C)NC(=O)COC(=O)[C@H](C)Nc1ccc(C(F)(F)F)cc1[N+](=O)[O-]. The van der Waals surface area contributed by atoms with Crippen LogP contribution in [0.1, 0.15) is 39.2 Å². The Balaban J connectivity index is 2.73. The third-order valence-corrected chi connectivity index (χ3v) is 3.72. The van der Waals surface area contributed by atoms with E-state index in [9.17, 15) is 32.9 Å². The molecule has 2 atom stereocenters. The Labute approximate surface area is 159 Å². The normalized spacial score (nSPS) is 13.4. The minimum absolute atomic E-state index is 0.0819. The molecular weight excluding hydrogens is 383 g/mol. The Hall–Kier alpha value is -2.85. The van der Waals surface area contributed by atoms with Crippen molar-refractivity contribution in [3.63, 3.8) is 0 Å². The number of carbonyl (C=O) groups is 2. The molecule has 0 aliphatic carbocycles. The Morgan fingerprint density at radius 1 is 1.29 bits per heavy atom. The zero-order chi connectivity index (χ0) is 21.5. The summed E-state index contributed by atoms with van der Waals surface area (Å²) >= 11 is 0. The van der Waals surface area contributed by atoms with Gasteiger partial charge in [-0.05, 0) is 32.4 Å². The van der Waals surface area contributed by atoms with Gasteiger partial charge in [0.1, 0.15) is 11.7 Å². The third-order valence-electron chi connectivity index (χ3n) is 3.72. The van der Waals surface area contributed by atoms with Crippen LogP contribution in [-0.4, -0.2) is 35.5 Å². The number of nitro groups is 1. The molecule has 0 heterocycles. The molecule has 156 valence electrons. The molecular formula is C17H22F3N3O5. The van der Waals surface area contributed by atoms with Gasteiger partial charge in [0.2, 0.25) is 0 Å². The van der Waals surface area contributed by atoms with Crippen molar-refractivity contribution < 1.29 is 32.4 Å². The van der Waals surface area contributed by atoms with Crippen LogP contribution in [0.2, 0.25) is 0 Å². The second-order valence-corrected chi connectivity index (χ2v) is 6.22. The number of halogens is 3. The van der Waals surface area contributed by atoms with Crippen LogP contribution in [0.5, 0.6) is 0 Å². The van der Waals surface area contributed by atoms with E-state index >= 15 is 0 Å². The summed E-state index contributed by atoms with van der Waals surface area (Å²) in [7, 11) is 0. The number of anilines is 1. The van der Waals surface area contributed by atoms with E-state index < -0.39 is 46.9 Å². The predicted molar refractivity (Wildman–Crippen MR) is 94.7 cm³/mol. The zero-order valence-corrected chi connectivity index (χ0v) is 15.6. The zero-order valence-electron chi connectivity index (χ0n) is 15.6. The van der Waals surface area contributed by atoms with Crippen LogP contribution < -0.4 is 10.6 Å². The standard InChI is InChI=1S/C17H22F3N3O5/c1-4-5-10(2)21-15(24)9-28-16(25)11(3)22-13-7-6-12(17(18,19)20)8-14(13)23(26)27/h6-8,10-11,22H,4-5,9H2,1-3H3,(H,21,24)/t10-,11+/m1/s1. The van der Waals surface area contributed by atoms with Gasteiger partial charge in [0.15, 0.2) is 6.61 Å². The molecule has 1 amide bonds. The molecule has 0 bridgehead atoms. The Morgan fingerprint density at radius 3 is 2.46 bits per heavy atom. The Kier molecular flexibility index (Phi) is 8.20. The fourth-order valence-corrected chi connectivity index (χ4v) is 2.36. The summed E-state index contributed by atoms with van der Waals surface area (Å²) in [5.41, 5.74) is -2.29. The molecule has 28 heavy (non-hydrogen) atoms. The molecule has 1 aromatic carbocycles. The van der Waals surface area contributed by atoms with Crippen LogP contribution in [0.15, 0.2) is 18.2 Å². The highest BCUT2D eigenvalue weighted by molar-refractivity contribution is 5.84. The lowest BCUT2D eigenvalue weighted by molar-refractivity contribution is -0.384. The summed E-state index contributed by atoms with van der Waals surface area (Å²) in [6.07, 6.45) is -3.11. The molecule has 0 aliphatic heterocycles. The van der Waals surface area contributed by atoms with Crippen molar-refractivity contribution in [1.82, 2.24) is 5.32 Å². The van der Waals surface area contributed by atoms with E-state index in [4.69, 9.17) is 4.74 Å². The quantitative estimate of drug-likeness (QED) is 0.371. The number of benzene rings is 1. The van der Waals surface area contributed by atoms with E-state index in [2.05, 4.69) is 10.6 Å². The molecule has 0 aliphatic rings. The maximum atomic E-state index is 12.7. The molecule has 0 fully saturated rings. The first-order valence-electron chi connectivity index (χ1n) is 8.53. The molecule has 1 rings (SSSR count). The predicted octanol–water partition coefficient (Wildman–Crippen LogP) is 3.26. The number of nitrogens with one attached hydrogen (secondary N) is 2. The highest BCUT2D eigenvalue weighted by Crippen LogP contribution is 2.35.